The number of rotatable bonds is 7. The molecule has 156 valence electrons. The fourth-order valence-electron chi connectivity index (χ4n) is 2.81. The molecule has 0 fully saturated rings. The van der Waals surface area contributed by atoms with Gasteiger partial charge in [-0.3, -0.25) is 14.9 Å². The number of allylic oxidation sites excluding steroid dienone is 1. The molecule has 0 saturated heterocycles. The van der Waals surface area contributed by atoms with Crippen molar-refractivity contribution in [3.05, 3.63) is 75.6 Å². The summed E-state index contributed by atoms with van der Waals surface area (Å²) in [5, 5.41) is 11.1. The van der Waals surface area contributed by atoms with Crippen LogP contribution in [0, 0.1) is 17.0 Å². The van der Waals surface area contributed by atoms with Gasteiger partial charge in [0.15, 0.2) is 14.6 Å². The van der Waals surface area contributed by atoms with E-state index < -0.39 is 20.7 Å². The number of sulfone groups is 1. The van der Waals surface area contributed by atoms with Gasteiger partial charge >= 0.3 is 0 Å². The average molecular weight is 446 g/mol. The standard InChI is InChI=1S/C20H19N3O5S2/c1-3-11-22-17-13-15(23(25)26)6-9-18(17)29-20(22)21-19(24)10-12-30(27,28)16-7-4-14(2)5-8-16/h3-9,13H,1,10-12H2,2H3. The molecule has 0 bridgehead atoms. The van der Waals surface area contributed by atoms with Crippen LogP contribution < -0.4 is 4.80 Å². The molecule has 0 unspecified atom stereocenters. The maximum absolute atomic E-state index is 12.4. The highest BCUT2D eigenvalue weighted by molar-refractivity contribution is 7.91. The van der Waals surface area contributed by atoms with Crippen LogP contribution in [0.4, 0.5) is 5.69 Å². The van der Waals surface area contributed by atoms with Crippen molar-refractivity contribution >= 4 is 43.0 Å². The summed E-state index contributed by atoms with van der Waals surface area (Å²) in [7, 11) is -3.60. The van der Waals surface area contributed by atoms with Gasteiger partial charge in [0.05, 0.1) is 25.8 Å². The van der Waals surface area contributed by atoms with Crippen molar-refractivity contribution in [2.24, 2.45) is 4.99 Å². The van der Waals surface area contributed by atoms with Gasteiger partial charge in [0.2, 0.25) is 5.91 Å². The molecule has 0 saturated carbocycles. The molecule has 8 nitrogen and oxygen atoms in total. The fraction of sp³-hybridized carbons (Fsp3) is 0.200. The van der Waals surface area contributed by atoms with Gasteiger partial charge in [-0.25, -0.2) is 8.42 Å². The number of nitrogens with zero attached hydrogens (tertiary/aromatic N) is 3. The van der Waals surface area contributed by atoms with Crippen LogP contribution in [0.2, 0.25) is 0 Å². The number of aryl methyl sites for hydroxylation is 1. The molecule has 30 heavy (non-hydrogen) atoms. The number of carbonyl (C=O) groups is 1. The third-order valence-electron chi connectivity index (χ3n) is 4.37. The van der Waals surface area contributed by atoms with Gasteiger partial charge in [-0.2, -0.15) is 4.99 Å². The first-order valence-corrected chi connectivity index (χ1v) is 11.4. The molecule has 0 atom stereocenters. The lowest BCUT2D eigenvalue weighted by Crippen LogP contribution is -2.17. The summed E-state index contributed by atoms with van der Waals surface area (Å²) in [6, 6.07) is 10.8. The molecule has 2 aromatic carbocycles. The maximum Gasteiger partial charge on any atom is 0.271 e. The minimum atomic E-state index is -3.60. The number of nitro groups is 1. The van der Waals surface area contributed by atoms with Crippen LogP contribution in [-0.2, 0) is 21.2 Å². The van der Waals surface area contributed by atoms with E-state index in [1.165, 1.54) is 35.6 Å². The van der Waals surface area contributed by atoms with Crippen molar-refractivity contribution in [3.8, 4) is 0 Å². The van der Waals surface area contributed by atoms with E-state index in [0.717, 1.165) is 10.3 Å². The topological polar surface area (TPSA) is 112 Å². The smallest absolute Gasteiger partial charge is 0.271 e. The number of amides is 1. The molecule has 10 heteroatoms. The normalized spacial score (nSPS) is 12.2. The second-order valence-corrected chi connectivity index (χ2v) is 9.70. The SMILES string of the molecule is C=CCn1c(=NC(=O)CCS(=O)(=O)c2ccc(C)cc2)sc2ccc([N+](=O)[O-])cc21. The first-order chi connectivity index (χ1) is 14.2. The fourth-order valence-corrected chi connectivity index (χ4v) is 5.08. The quantitative estimate of drug-likeness (QED) is 0.314. The Balaban J connectivity index is 1.89. The predicted octanol–water partition coefficient (Wildman–Crippen LogP) is 3.40. The summed E-state index contributed by atoms with van der Waals surface area (Å²) < 4.78 is 27.2. The molecule has 0 aliphatic carbocycles. The molecule has 1 heterocycles. The number of hydrogen-bond acceptors (Lipinski definition) is 6. The second-order valence-electron chi connectivity index (χ2n) is 6.58. The summed E-state index contributed by atoms with van der Waals surface area (Å²) in [6.07, 6.45) is 1.33. The van der Waals surface area contributed by atoms with E-state index >= 15 is 0 Å². The van der Waals surface area contributed by atoms with Gasteiger partial charge in [0.25, 0.3) is 5.69 Å². The highest BCUT2D eigenvalue weighted by Crippen LogP contribution is 2.23. The summed E-state index contributed by atoms with van der Waals surface area (Å²) >= 11 is 1.20. The van der Waals surface area contributed by atoms with Crippen molar-refractivity contribution in [3.63, 3.8) is 0 Å². The predicted molar refractivity (Wildman–Crippen MR) is 115 cm³/mol. The molecule has 1 aromatic heterocycles. The van der Waals surface area contributed by atoms with Gasteiger partial charge < -0.3 is 4.57 Å². The number of aromatic nitrogens is 1. The molecule has 0 N–H and O–H groups in total. The van der Waals surface area contributed by atoms with Crippen molar-refractivity contribution in [1.82, 2.24) is 4.57 Å². The maximum atomic E-state index is 12.4. The number of thiazole rings is 1. The number of hydrogen-bond donors (Lipinski definition) is 0. The van der Waals surface area contributed by atoms with E-state index in [1.54, 1.807) is 28.8 Å². The minimum absolute atomic E-state index is 0.0693. The van der Waals surface area contributed by atoms with Gasteiger partial charge in [-0.1, -0.05) is 35.1 Å². The molecular weight excluding hydrogens is 426 g/mol. The van der Waals surface area contributed by atoms with Crippen molar-refractivity contribution < 1.29 is 18.1 Å². The molecule has 3 rings (SSSR count). The first-order valence-electron chi connectivity index (χ1n) is 8.97. The molecule has 0 spiro atoms. The third-order valence-corrected chi connectivity index (χ3v) is 7.16. The Morgan fingerprint density at radius 2 is 1.97 bits per heavy atom. The molecule has 1 amide bonds. The number of non-ortho nitro benzene ring substituents is 1. The lowest BCUT2D eigenvalue weighted by molar-refractivity contribution is -0.384. The van der Waals surface area contributed by atoms with E-state index in [9.17, 15) is 23.3 Å². The van der Waals surface area contributed by atoms with Crippen LogP contribution in [0.5, 0.6) is 0 Å². The van der Waals surface area contributed by atoms with Crippen LogP contribution in [-0.4, -0.2) is 29.6 Å². The first kappa shape index (κ1) is 21.6. The van der Waals surface area contributed by atoms with E-state index in [2.05, 4.69) is 11.6 Å². The summed E-state index contributed by atoms with van der Waals surface area (Å²) in [4.78, 5) is 27.5. The lowest BCUT2D eigenvalue weighted by atomic mass is 10.2. The van der Waals surface area contributed by atoms with E-state index in [-0.39, 0.29) is 22.8 Å². The largest absolute Gasteiger partial charge is 0.312 e. The second kappa shape index (κ2) is 8.72. The van der Waals surface area contributed by atoms with E-state index in [4.69, 9.17) is 0 Å². The van der Waals surface area contributed by atoms with Crippen molar-refractivity contribution in [2.75, 3.05) is 5.75 Å². The molecule has 3 aromatic rings. The number of benzene rings is 2. The highest BCUT2D eigenvalue weighted by atomic mass is 32.2. The number of carbonyl (C=O) groups excluding carboxylic acids is 1. The van der Waals surface area contributed by atoms with Crippen molar-refractivity contribution in [1.29, 1.82) is 0 Å². The molecule has 0 radical (unpaired) electrons. The zero-order valence-electron chi connectivity index (χ0n) is 16.1. The van der Waals surface area contributed by atoms with E-state index in [0.29, 0.717) is 16.9 Å². The monoisotopic (exact) mass is 445 g/mol. The van der Waals surface area contributed by atoms with Crippen molar-refractivity contribution in [2.45, 2.75) is 24.8 Å². The Kier molecular flexibility index (Phi) is 6.28. The average Bonchev–Trinajstić information content (AvgIpc) is 3.03. The Morgan fingerprint density at radius 1 is 1.27 bits per heavy atom. The Labute approximate surface area is 176 Å². The van der Waals surface area contributed by atoms with Crippen LogP contribution in [0.3, 0.4) is 0 Å². The molecule has 0 aliphatic rings. The Hall–Kier alpha value is -3.11. The van der Waals surface area contributed by atoms with Crippen LogP contribution in [0.25, 0.3) is 10.2 Å². The van der Waals surface area contributed by atoms with Crippen LogP contribution >= 0.6 is 11.3 Å². The minimum Gasteiger partial charge on any atom is -0.312 e. The zero-order valence-corrected chi connectivity index (χ0v) is 17.8. The Morgan fingerprint density at radius 3 is 2.60 bits per heavy atom. The molecular formula is C20H19N3O5S2. The van der Waals surface area contributed by atoms with E-state index in [1.807, 2.05) is 6.92 Å². The summed E-state index contributed by atoms with van der Waals surface area (Å²) in [6.45, 7) is 5.83. The highest BCUT2D eigenvalue weighted by Gasteiger charge is 2.17. The number of nitro benzene ring substituents is 1. The summed E-state index contributed by atoms with van der Waals surface area (Å²) in [5.41, 5.74) is 1.44. The third kappa shape index (κ3) is 4.71. The van der Waals surface area contributed by atoms with Gasteiger partial charge in [0, 0.05) is 25.1 Å². The summed E-state index contributed by atoms with van der Waals surface area (Å²) in [5.74, 6) is -0.930. The Bertz CT molecular complexity index is 1300. The lowest BCUT2D eigenvalue weighted by Gasteiger charge is -2.03. The van der Waals surface area contributed by atoms with Gasteiger partial charge in [-0.05, 0) is 25.1 Å². The van der Waals surface area contributed by atoms with Crippen LogP contribution in [0.15, 0.2) is 65.0 Å². The zero-order chi connectivity index (χ0) is 21.9. The van der Waals surface area contributed by atoms with Gasteiger partial charge in [0.1, 0.15) is 0 Å². The molecule has 0 aliphatic heterocycles. The van der Waals surface area contributed by atoms with Gasteiger partial charge in [-0.15, -0.1) is 6.58 Å². The van der Waals surface area contributed by atoms with Crippen LogP contribution in [0.1, 0.15) is 12.0 Å². The number of fused-ring (bicyclic) bond motifs is 1.